The Balaban J connectivity index is 2.89. The zero-order chi connectivity index (χ0) is 17.5. The van der Waals surface area contributed by atoms with Gasteiger partial charge in [0.15, 0.2) is 0 Å². The van der Waals surface area contributed by atoms with Crippen LogP contribution in [0.25, 0.3) is 0 Å². The molecule has 23 heavy (non-hydrogen) atoms. The van der Waals surface area contributed by atoms with Crippen LogP contribution in [0.5, 0.6) is 0 Å². The number of nitrogens with one attached hydrogen (secondary N) is 1. The molecule has 0 bridgehead atoms. The van der Waals surface area contributed by atoms with E-state index >= 15 is 0 Å². The van der Waals surface area contributed by atoms with E-state index in [9.17, 15) is 4.79 Å². The van der Waals surface area contributed by atoms with Crippen LogP contribution in [0.15, 0.2) is 23.1 Å². The van der Waals surface area contributed by atoms with Crippen LogP contribution in [0.2, 0.25) is 0 Å². The molecule has 0 radical (unpaired) electrons. The summed E-state index contributed by atoms with van der Waals surface area (Å²) in [6.07, 6.45) is 5.09. The topological polar surface area (TPSA) is 29.1 Å². The summed E-state index contributed by atoms with van der Waals surface area (Å²) >= 11 is 1.88. The summed E-state index contributed by atoms with van der Waals surface area (Å²) < 4.78 is 0. The predicted molar refractivity (Wildman–Crippen MR) is 103 cm³/mol. The summed E-state index contributed by atoms with van der Waals surface area (Å²) in [4.78, 5) is 12.7. The van der Waals surface area contributed by atoms with Gasteiger partial charge in [-0.05, 0) is 35.4 Å². The molecule has 0 aliphatic carbocycles. The van der Waals surface area contributed by atoms with Gasteiger partial charge in [-0.3, -0.25) is 4.79 Å². The molecule has 0 heterocycles. The Kier molecular flexibility index (Phi) is 8.18. The van der Waals surface area contributed by atoms with E-state index in [0.717, 1.165) is 17.4 Å². The molecule has 1 unspecified atom stereocenters. The summed E-state index contributed by atoms with van der Waals surface area (Å²) in [5.41, 5.74) is 2.30. The molecule has 3 heteroatoms. The highest BCUT2D eigenvalue weighted by Crippen LogP contribution is 2.34. The fourth-order valence-electron chi connectivity index (χ4n) is 2.52. The first-order chi connectivity index (χ1) is 10.8. The first-order valence-corrected chi connectivity index (χ1v) is 9.81. The minimum Gasteiger partial charge on any atom is -0.325 e. The first kappa shape index (κ1) is 20.1. The lowest BCUT2D eigenvalue weighted by molar-refractivity contribution is -0.114. The lowest BCUT2D eigenvalue weighted by Crippen LogP contribution is -2.13. The highest BCUT2D eigenvalue weighted by Gasteiger charge is 2.17. The zero-order valence-corrected chi connectivity index (χ0v) is 16.5. The number of benzene rings is 1. The van der Waals surface area contributed by atoms with Gasteiger partial charge in [0.2, 0.25) is 5.91 Å². The molecule has 1 N–H and O–H groups in total. The van der Waals surface area contributed by atoms with Gasteiger partial charge >= 0.3 is 0 Å². The Morgan fingerprint density at radius 2 is 1.96 bits per heavy atom. The van der Waals surface area contributed by atoms with E-state index in [1.165, 1.54) is 36.1 Å². The number of amides is 1. The lowest BCUT2D eigenvalue weighted by Gasteiger charge is -2.22. The molecule has 1 rings (SSSR count). The van der Waals surface area contributed by atoms with E-state index in [1.807, 2.05) is 11.8 Å². The molecule has 130 valence electrons. The number of hydrogen-bond acceptors (Lipinski definition) is 2. The largest absolute Gasteiger partial charge is 0.325 e. The quantitative estimate of drug-likeness (QED) is 0.569. The monoisotopic (exact) mass is 335 g/mol. The van der Waals surface area contributed by atoms with E-state index < -0.39 is 0 Å². The zero-order valence-electron chi connectivity index (χ0n) is 15.7. The van der Waals surface area contributed by atoms with Gasteiger partial charge in [0, 0.05) is 17.6 Å². The van der Waals surface area contributed by atoms with Crippen LogP contribution < -0.4 is 5.32 Å². The molecule has 1 aromatic rings. The molecule has 0 aliphatic rings. The molecule has 0 saturated carbocycles. The molecule has 0 aromatic heterocycles. The Morgan fingerprint density at radius 1 is 1.26 bits per heavy atom. The van der Waals surface area contributed by atoms with E-state index in [2.05, 4.69) is 58.1 Å². The molecule has 0 aliphatic heterocycles. The number of rotatable bonds is 8. The standard InChI is InChI=1S/C20H33NOS/c1-7-9-10-16(8-2)14-23-19-12-11-17(20(4,5)6)13-18(19)21-15(3)22/h11-13,16H,7-10,14H2,1-6H3,(H,21,22). The molecule has 1 aromatic carbocycles. The van der Waals surface area contributed by atoms with Gasteiger partial charge in [-0.1, -0.05) is 59.9 Å². The third-order valence-electron chi connectivity index (χ3n) is 4.17. The van der Waals surface area contributed by atoms with Crippen LogP contribution in [0.1, 0.15) is 72.8 Å². The summed E-state index contributed by atoms with van der Waals surface area (Å²) in [5.74, 6) is 1.88. The number of carbonyl (C=O) groups is 1. The lowest BCUT2D eigenvalue weighted by atomic mass is 9.87. The normalized spacial score (nSPS) is 13.0. The SMILES string of the molecule is CCCCC(CC)CSc1ccc(C(C)(C)C)cc1NC(C)=O. The fourth-order valence-corrected chi connectivity index (χ4v) is 3.76. The van der Waals surface area contributed by atoms with Crippen LogP contribution in [-0.2, 0) is 10.2 Å². The second kappa shape index (κ2) is 9.36. The highest BCUT2D eigenvalue weighted by molar-refractivity contribution is 7.99. The van der Waals surface area contributed by atoms with Crippen LogP contribution in [-0.4, -0.2) is 11.7 Å². The summed E-state index contributed by atoms with van der Waals surface area (Å²) in [6, 6.07) is 6.50. The number of anilines is 1. The van der Waals surface area contributed by atoms with Crippen molar-refractivity contribution in [2.75, 3.05) is 11.1 Å². The van der Waals surface area contributed by atoms with Gasteiger partial charge in [0.25, 0.3) is 0 Å². The third-order valence-corrected chi connectivity index (χ3v) is 5.48. The Bertz CT molecular complexity index is 505. The average molecular weight is 336 g/mol. The van der Waals surface area contributed by atoms with Gasteiger partial charge in [-0.15, -0.1) is 11.8 Å². The van der Waals surface area contributed by atoms with Gasteiger partial charge in [-0.25, -0.2) is 0 Å². The van der Waals surface area contributed by atoms with Crippen LogP contribution in [0.4, 0.5) is 5.69 Å². The van der Waals surface area contributed by atoms with Crippen molar-refractivity contribution in [2.24, 2.45) is 5.92 Å². The number of unbranched alkanes of at least 4 members (excludes halogenated alkanes) is 1. The molecule has 0 fully saturated rings. The summed E-state index contributed by atoms with van der Waals surface area (Å²) in [7, 11) is 0. The van der Waals surface area contributed by atoms with Crippen LogP contribution in [0.3, 0.4) is 0 Å². The Labute approximate surface area is 146 Å². The van der Waals surface area contributed by atoms with Gasteiger partial charge in [0.05, 0.1) is 5.69 Å². The van der Waals surface area contributed by atoms with E-state index in [4.69, 9.17) is 0 Å². The maximum absolute atomic E-state index is 11.5. The van der Waals surface area contributed by atoms with E-state index in [1.54, 1.807) is 6.92 Å². The summed E-state index contributed by atoms with van der Waals surface area (Å²) in [5, 5.41) is 3.01. The number of hydrogen-bond donors (Lipinski definition) is 1. The van der Waals surface area contributed by atoms with Crippen molar-refractivity contribution >= 4 is 23.4 Å². The molecule has 1 atom stereocenters. The molecule has 1 amide bonds. The molecule has 2 nitrogen and oxygen atoms in total. The van der Waals surface area contributed by atoms with Gasteiger partial charge < -0.3 is 5.32 Å². The van der Waals surface area contributed by atoms with Crippen LogP contribution in [0, 0.1) is 5.92 Å². The maximum Gasteiger partial charge on any atom is 0.221 e. The van der Waals surface area contributed by atoms with E-state index in [-0.39, 0.29) is 11.3 Å². The Hall–Kier alpha value is -0.960. The molecule has 0 spiro atoms. The molecular weight excluding hydrogens is 302 g/mol. The van der Waals surface area contributed by atoms with Crippen molar-refractivity contribution in [1.82, 2.24) is 0 Å². The van der Waals surface area contributed by atoms with Crippen molar-refractivity contribution in [3.8, 4) is 0 Å². The first-order valence-electron chi connectivity index (χ1n) is 8.82. The van der Waals surface area contributed by atoms with Crippen molar-refractivity contribution < 1.29 is 4.79 Å². The van der Waals surface area contributed by atoms with E-state index in [0.29, 0.717) is 0 Å². The smallest absolute Gasteiger partial charge is 0.221 e. The highest BCUT2D eigenvalue weighted by atomic mass is 32.2. The Morgan fingerprint density at radius 3 is 2.48 bits per heavy atom. The maximum atomic E-state index is 11.5. The minimum atomic E-state index is -0.00377. The van der Waals surface area contributed by atoms with Crippen LogP contribution >= 0.6 is 11.8 Å². The number of carbonyl (C=O) groups excluding carboxylic acids is 1. The van der Waals surface area contributed by atoms with Crippen molar-refractivity contribution in [3.63, 3.8) is 0 Å². The fraction of sp³-hybridized carbons (Fsp3) is 0.650. The molecular formula is C20H33NOS. The summed E-state index contributed by atoms with van der Waals surface area (Å²) in [6.45, 7) is 12.7. The molecule has 0 saturated heterocycles. The number of thioether (sulfide) groups is 1. The van der Waals surface area contributed by atoms with Crippen molar-refractivity contribution in [3.05, 3.63) is 23.8 Å². The van der Waals surface area contributed by atoms with Gasteiger partial charge in [0.1, 0.15) is 0 Å². The minimum absolute atomic E-state index is 0.00377. The van der Waals surface area contributed by atoms with Crippen molar-refractivity contribution in [1.29, 1.82) is 0 Å². The van der Waals surface area contributed by atoms with Gasteiger partial charge in [-0.2, -0.15) is 0 Å². The van der Waals surface area contributed by atoms with Crippen molar-refractivity contribution in [2.45, 2.75) is 77.5 Å². The third kappa shape index (κ3) is 6.99. The average Bonchev–Trinajstić information content (AvgIpc) is 2.47. The second-order valence-corrected chi connectivity index (χ2v) is 8.43. The second-order valence-electron chi connectivity index (χ2n) is 7.37. The predicted octanol–water partition coefficient (Wildman–Crippen LogP) is 6.25.